The van der Waals surface area contributed by atoms with E-state index in [9.17, 15) is 9.18 Å². The van der Waals surface area contributed by atoms with E-state index in [1.165, 1.54) is 12.1 Å². The van der Waals surface area contributed by atoms with Gasteiger partial charge in [-0.25, -0.2) is 4.39 Å². The summed E-state index contributed by atoms with van der Waals surface area (Å²) in [7, 11) is 0. The molecule has 1 rings (SSSR count). The highest BCUT2D eigenvalue weighted by molar-refractivity contribution is 5.79. The summed E-state index contributed by atoms with van der Waals surface area (Å²) in [4.78, 5) is 13.9. The number of nitrogens with two attached hydrogens (primary N) is 1. The van der Waals surface area contributed by atoms with Crippen LogP contribution in [0, 0.1) is 11.7 Å². The smallest absolute Gasteiger partial charge is 0.227 e. The molecule has 1 atom stereocenters. The molecule has 0 saturated heterocycles. The van der Waals surface area contributed by atoms with Crippen LogP contribution in [-0.2, 0) is 11.2 Å². The normalized spacial score (nSPS) is 12.2. The second-order valence-corrected chi connectivity index (χ2v) is 4.28. The fourth-order valence-corrected chi connectivity index (χ4v) is 2.01. The van der Waals surface area contributed by atoms with Crippen molar-refractivity contribution in [3.8, 4) is 0 Å². The predicted octanol–water partition coefficient (Wildman–Crippen LogP) is 1.81. The summed E-state index contributed by atoms with van der Waals surface area (Å²) >= 11 is 0. The van der Waals surface area contributed by atoms with Crippen molar-refractivity contribution in [3.05, 3.63) is 35.6 Å². The highest BCUT2D eigenvalue weighted by Crippen LogP contribution is 2.12. The van der Waals surface area contributed by atoms with Gasteiger partial charge in [0.2, 0.25) is 5.91 Å². The third-order valence-electron chi connectivity index (χ3n) is 3.08. The molecule has 0 fully saturated rings. The van der Waals surface area contributed by atoms with Crippen LogP contribution in [-0.4, -0.2) is 30.4 Å². The fraction of sp³-hybridized carbons (Fsp3) is 0.500. The van der Waals surface area contributed by atoms with Gasteiger partial charge in [-0.1, -0.05) is 12.1 Å². The van der Waals surface area contributed by atoms with Crippen LogP contribution < -0.4 is 5.73 Å². The highest BCUT2D eigenvalue weighted by atomic mass is 19.1. The van der Waals surface area contributed by atoms with Gasteiger partial charge in [-0.15, -0.1) is 0 Å². The first-order valence-corrected chi connectivity index (χ1v) is 6.35. The molecule has 0 bridgehead atoms. The molecule has 0 heterocycles. The maximum absolute atomic E-state index is 13.1. The monoisotopic (exact) mass is 252 g/mol. The lowest BCUT2D eigenvalue weighted by atomic mass is 9.98. The van der Waals surface area contributed by atoms with Crippen LogP contribution in [0.5, 0.6) is 0 Å². The largest absolute Gasteiger partial charge is 0.343 e. The average molecular weight is 252 g/mol. The van der Waals surface area contributed by atoms with Crippen molar-refractivity contribution < 1.29 is 9.18 Å². The molecule has 0 aliphatic heterocycles. The number of rotatable bonds is 6. The number of halogens is 1. The summed E-state index contributed by atoms with van der Waals surface area (Å²) < 4.78 is 13.1. The highest BCUT2D eigenvalue weighted by Gasteiger charge is 2.21. The number of amides is 1. The fourth-order valence-electron chi connectivity index (χ4n) is 2.01. The van der Waals surface area contributed by atoms with Crippen molar-refractivity contribution in [1.82, 2.24) is 4.90 Å². The van der Waals surface area contributed by atoms with Gasteiger partial charge < -0.3 is 10.6 Å². The SMILES string of the molecule is CCN(CC)C(=O)C(CN)Cc1cccc(F)c1. The molecule has 0 spiro atoms. The molecule has 100 valence electrons. The van der Waals surface area contributed by atoms with Crippen LogP contribution in [0.1, 0.15) is 19.4 Å². The van der Waals surface area contributed by atoms with Gasteiger partial charge in [-0.3, -0.25) is 4.79 Å². The minimum atomic E-state index is -0.279. The van der Waals surface area contributed by atoms with Crippen molar-refractivity contribution in [2.24, 2.45) is 11.7 Å². The molecule has 1 unspecified atom stereocenters. The standard InChI is InChI=1S/C14H21FN2O/c1-3-17(4-2)14(18)12(10-16)8-11-6-5-7-13(15)9-11/h5-7,9,12H,3-4,8,10,16H2,1-2H3. The van der Waals surface area contributed by atoms with Gasteiger partial charge in [0.05, 0.1) is 5.92 Å². The van der Waals surface area contributed by atoms with Crippen molar-refractivity contribution >= 4 is 5.91 Å². The molecule has 3 nitrogen and oxygen atoms in total. The van der Waals surface area contributed by atoms with Gasteiger partial charge in [0.1, 0.15) is 5.82 Å². The predicted molar refractivity (Wildman–Crippen MR) is 70.6 cm³/mol. The Morgan fingerprint density at radius 3 is 2.56 bits per heavy atom. The van der Waals surface area contributed by atoms with E-state index in [-0.39, 0.29) is 24.2 Å². The van der Waals surface area contributed by atoms with E-state index in [0.29, 0.717) is 19.5 Å². The minimum absolute atomic E-state index is 0.0479. The molecule has 0 saturated carbocycles. The number of carbonyl (C=O) groups is 1. The van der Waals surface area contributed by atoms with Crippen LogP contribution in [0.25, 0.3) is 0 Å². The van der Waals surface area contributed by atoms with Crippen molar-refractivity contribution in [2.75, 3.05) is 19.6 Å². The van der Waals surface area contributed by atoms with Crippen LogP contribution in [0.3, 0.4) is 0 Å². The quantitative estimate of drug-likeness (QED) is 0.839. The number of hydrogen-bond donors (Lipinski definition) is 1. The van der Waals surface area contributed by atoms with Gasteiger partial charge in [-0.05, 0) is 38.0 Å². The maximum atomic E-state index is 13.1. The van der Waals surface area contributed by atoms with Crippen molar-refractivity contribution in [1.29, 1.82) is 0 Å². The lowest BCUT2D eigenvalue weighted by molar-refractivity contribution is -0.134. The zero-order valence-corrected chi connectivity index (χ0v) is 11.0. The summed E-state index contributed by atoms with van der Waals surface area (Å²) in [5, 5.41) is 0. The lowest BCUT2D eigenvalue weighted by Gasteiger charge is -2.24. The van der Waals surface area contributed by atoms with E-state index in [1.54, 1.807) is 11.0 Å². The Morgan fingerprint density at radius 2 is 2.06 bits per heavy atom. The molecule has 0 aliphatic carbocycles. The maximum Gasteiger partial charge on any atom is 0.227 e. The van der Waals surface area contributed by atoms with Crippen LogP contribution >= 0.6 is 0 Å². The van der Waals surface area contributed by atoms with Gasteiger partial charge in [0.15, 0.2) is 0 Å². The number of benzene rings is 1. The Balaban J connectivity index is 2.75. The molecule has 18 heavy (non-hydrogen) atoms. The molecule has 1 aromatic rings. The Hall–Kier alpha value is -1.42. The van der Waals surface area contributed by atoms with E-state index < -0.39 is 0 Å². The second kappa shape index (κ2) is 7.11. The average Bonchev–Trinajstić information content (AvgIpc) is 2.37. The van der Waals surface area contributed by atoms with Crippen LogP contribution in [0.15, 0.2) is 24.3 Å². The zero-order valence-electron chi connectivity index (χ0n) is 11.0. The summed E-state index contributed by atoms with van der Waals surface area (Å²) in [6, 6.07) is 6.33. The molecule has 4 heteroatoms. The Bertz CT molecular complexity index is 391. The lowest BCUT2D eigenvalue weighted by Crippen LogP contribution is -2.39. The number of nitrogens with zero attached hydrogens (tertiary/aromatic N) is 1. The Kier molecular flexibility index (Phi) is 5.78. The topological polar surface area (TPSA) is 46.3 Å². The van der Waals surface area contributed by atoms with Crippen LogP contribution in [0.4, 0.5) is 4.39 Å². The molecule has 2 N–H and O–H groups in total. The van der Waals surface area contributed by atoms with Gasteiger partial charge >= 0.3 is 0 Å². The molecule has 1 amide bonds. The number of hydrogen-bond acceptors (Lipinski definition) is 2. The number of carbonyl (C=O) groups excluding carboxylic acids is 1. The second-order valence-electron chi connectivity index (χ2n) is 4.28. The molecule has 0 aliphatic rings. The first kappa shape index (κ1) is 14.6. The third kappa shape index (κ3) is 3.81. The third-order valence-corrected chi connectivity index (χ3v) is 3.08. The summed E-state index contributed by atoms with van der Waals surface area (Å²) in [6.45, 7) is 5.52. The molecule has 0 radical (unpaired) electrons. The summed E-state index contributed by atoms with van der Waals surface area (Å²) in [6.07, 6.45) is 0.490. The Labute approximate surface area is 108 Å². The first-order chi connectivity index (χ1) is 8.62. The van der Waals surface area contributed by atoms with E-state index in [4.69, 9.17) is 5.73 Å². The van der Waals surface area contributed by atoms with Gasteiger partial charge in [0.25, 0.3) is 0 Å². The van der Waals surface area contributed by atoms with E-state index in [1.807, 2.05) is 19.9 Å². The summed E-state index contributed by atoms with van der Waals surface area (Å²) in [5.41, 5.74) is 6.48. The Morgan fingerprint density at radius 1 is 1.39 bits per heavy atom. The van der Waals surface area contributed by atoms with E-state index in [0.717, 1.165) is 5.56 Å². The molecular weight excluding hydrogens is 231 g/mol. The molecule has 0 aromatic heterocycles. The van der Waals surface area contributed by atoms with Gasteiger partial charge in [-0.2, -0.15) is 0 Å². The van der Waals surface area contributed by atoms with Gasteiger partial charge in [0, 0.05) is 19.6 Å². The zero-order chi connectivity index (χ0) is 13.5. The molecule has 1 aromatic carbocycles. The summed E-state index contributed by atoms with van der Waals surface area (Å²) in [5.74, 6) is -0.503. The first-order valence-electron chi connectivity index (χ1n) is 6.35. The minimum Gasteiger partial charge on any atom is -0.343 e. The van der Waals surface area contributed by atoms with Crippen molar-refractivity contribution in [3.63, 3.8) is 0 Å². The van der Waals surface area contributed by atoms with E-state index in [2.05, 4.69) is 0 Å². The van der Waals surface area contributed by atoms with E-state index >= 15 is 0 Å². The van der Waals surface area contributed by atoms with Crippen molar-refractivity contribution in [2.45, 2.75) is 20.3 Å². The molecular formula is C14H21FN2O. The van der Waals surface area contributed by atoms with Crippen LogP contribution in [0.2, 0.25) is 0 Å².